The second-order valence-electron chi connectivity index (χ2n) is 4.84. The summed E-state index contributed by atoms with van der Waals surface area (Å²) in [5.74, 6) is 2.97. The van der Waals surface area contributed by atoms with Gasteiger partial charge in [0.2, 0.25) is 5.91 Å². The first-order valence-corrected chi connectivity index (χ1v) is 6.45. The fourth-order valence-electron chi connectivity index (χ4n) is 2.49. The molecule has 0 saturated carbocycles. The largest absolute Gasteiger partial charge is 0.342 e. The van der Waals surface area contributed by atoms with E-state index in [0.717, 1.165) is 45.8 Å². The summed E-state index contributed by atoms with van der Waals surface area (Å²) in [6.07, 6.45) is 7.63. The minimum atomic E-state index is 0.299. The molecule has 0 N–H and O–H groups in total. The van der Waals surface area contributed by atoms with Crippen molar-refractivity contribution in [1.82, 2.24) is 14.7 Å². The monoisotopic (exact) mass is 235 g/mol. The van der Waals surface area contributed by atoms with Crippen LogP contribution in [0.15, 0.2) is 0 Å². The van der Waals surface area contributed by atoms with Crippen molar-refractivity contribution < 1.29 is 4.79 Å². The van der Waals surface area contributed by atoms with Gasteiger partial charge in [0.05, 0.1) is 13.1 Å². The lowest BCUT2D eigenvalue weighted by Gasteiger charge is -2.33. The van der Waals surface area contributed by atoms with Crippen LogP contribution in [0, 0.1) is 12.3 Å². The number of hydrogen-bond donors (Lipinski definition) is 0. The van der Waals surface area contributed by atoms with Gasteiger partial charge in [-0.05, 0) is 12.8 Å². The van der Waals surface area contributed by atoms with E-state index in [-0.39, 0.29) is 0 Å². The first kappa shape index (κ1) is 12.4. The van der Waals surface area contributed by atoms with Crippen LogP contribution in [-0.2, 0) is 4.79 Å². The van der Waals surface area contributed by atoms with Gasteiger partial charge >= 0.3 is 0 Å². The van der Waals surface area contributed by atoms with Gasteiger partial charge in [-0.3, -0.25) is 14.6 Å². The van der Waals surface area contributed by atoms with Gasteiger partial charge in [-0.2, -0.15) is 0 Å². The number of nitrogens with zero attached hydrogens (tertiary/aromatic N) is 3. The van der Waals surface area contributed by atoms with Crippen LogP contribution >= 0.6 is 0 Å². The van der Waals surface area contributed by atoms with E-state index in [1.807, 2.05) is 4.90 Å². The van der Waals surface area contributed by atoms with Gasteiger partial charge in [0.15, 0.2) is 0 Å². The first-order valence-electron chi connectivity index (χ1n) is 6.45. The molecule has 4 nitrogen and oxygen atoms in total. The molecule has 0 spiro atoms. The molecule has 2 aliphatic rings. The highest BCUT2D eigenvalue weighted by Gasteiger charge is 2.22. The van der Waals surface area contributed by atoms with Crippen molar-refractivity contribution in [3.05, 3.63) is 0 Å². The zero-order valence-electron chi connectivity index (χ0n) is 10.4. The second kappa shape index (κ2) is 6.04. The number of carbonyl (C=O) groups is 1. The smallest absolute Gasteiger partial charge is 0.236 e. The normalized spacial score (nSPS) is 22.6. The van der Waals surface area contributed by atoms with E-state index in [2.05, 4.69) is 15.7 Å². The van der Waals surface area contributed by atoms with Crippen LogP contribution < -0.4 is 0 Å². The fourth-order valence-corrected chi connectivity index (χ4v) is 2.49. The first-order chi connectivity index (χ1) is 8.29. The number of piperazine rings is 1. The highest BCUT2D eigenvalue weighted by atomic mass is 16.2. The number of rotatable bonds is 3. The summed E-state index contributed by atoms with van der Waals surface area (Å²) in [6.45, 7) is 7.11. The minimum Gasteiger partial charge on any atom is -0.342 e. The molecule has 0 aromatic heterocycles. The molecule has 0 unspecified atom stereocenters. The molecule has 2 heterocycles. The third kappa shape index (κ3) is 3.45. The van der Waals surface area contributed by atoms with Crippen LogP contribution in [-0.4, -0.2) is 73.0 Å². The van der Waals surface area contributed by atoms with E-state index in [4.69, 9.17) is 6.42 Å². The van der Waals surface area contributed by atoms with Gasteiger partial charge in [-0.25, -0.2) is 0 Å². The third-order valence-electron chi connectivity index (χ3n) is 3.60. The maximum atomic E-state index is 12.0. The zero-order chi connectivity index (χ0) is 12.1. The lowest BCUT2D eigenvalue weighted by molar-refractivity contribution is -0.131. The summed E-state index contributed by atoms with van der Waals surface area (Å²) < 4.78 is 0. The van der Waals surface area contributed by atoms with E-state index >= 15 is 0 Å². The summed E-state index contributed by atoms with van der Waals surface area (Å²) >= 11 is 0. The van der Waals surface area contributed by atoms with Crippen LogP contribution in [0.5, 0.6) is 0 Å². The summed E-state index contributed by atoms with van der Waals surface area (Å²) in [6, 6.07) is 0. The van der Waals surface area contributed by atoms with Crippen LogP contribution in [0.4, 0.5) is 0 Å². The standard InChI is InChI=1S/C13H21N3O/c1-2-5-14-8-10-15(11-9-14)12-13(17)16-6-3-4-7-16/h1H,3-12H2. The Bertz CT molecular complexity index is 296. The predicted octanol–water partition coefficient (Wildman–Crippen LogP) is -0.140. The van der Waals surface area contributed by atoms with Crippen LogP contribution in [0.3, 0.4) is 0 Å². The van der Waals surface area contributed by atoms with Crippen molar-refractivity contribution in [3.8, 4) is 12.3 Å². The summed E-state index contributed by atoms with van der Waals surface area (Å²) in [5, 5.41) is 0. The molecule has 0 bridgehead atoms. The Morgan fingerprint density at radius 1 is 1.00 bits per heavy atom. The molecule has 0 aromatic carbocycles. The Balaban J connectivity index is 1.70. The maximum absolute atomic E-state index is 12.0. The highest BCUT2D eigenvalue weighted by molar-refractivity contribution is 5.78. The second-order valence-corrected chi connectivity index (χ2v) is 4.84. The molecule has 2 saturated heterocycles. The van der Waals surface area contributed by atoms with Crippen molar-refractivity contribution in [2.45, 2.75) is 12.8 Å². The molecule has 1 amide bonds. The SMILES string of the molecule is C#CCN1CCN(CC(=O)N2CCCC2)CC1. The topological polar surface area (TPSA) is 26.8 Å². The summed E-state index contributed by atoms with van der Waals surface area (Å²) in [4.78, 5) is 18.5. The van der Waals surface area contributed by atoms with Gasteiger partial charge < -0.3 is 4.90 Å². The minimum absolute atomic E-state index is 0.299. The van der Waals surface area contributed by atoms with Gasteiger partial charge in [-0.15, -0.1) is 6.42 Å². The lowest BCUT2D eigenvalue weighted by Crippen LogP contribution is -2.49. The molecule has 0 radical (unpaired) electrons. The molecular weight excluding hydrogens is 214 g/mol. The highest BCUT2D eigenvalue weighted by Crippen LogP contribution is 2.09. The van der Waals surface area contributed by atoms with E-state index in [0.29, 0.717) is 12.5 Å². The average Bonchev–Trinajstić information content (AvgIpc) is 2.86. The Hall–Kier alpha value is -1.05. The third-order valence-corrected chi connectivity index (χ3v) is 3.60. The van der Waals surface area contributed by atoms with Crippen LogP contribution in [0.1, 0.15) is 12.8 Å². The molecule has 0 aromatic rings. The maximum Gasteiger partial charge on any atom is 0.236 e. The molecule has 2 aliphatic heterocycles. The van der Waals surface area contributed by atoms with Crippen molar-refractivity contribution in [1.29, 1.82) is 0 Å². The molecule has 0 aliphatic carbocycles. The Morgan fingerprint density at radius 3 is 2.18 bits per heavy atom. The molecular formula is C13H21N3O. The molecule has 2 rings (SSSR count). The molecule has 17 heavy (non-hydrogen) atoms. The summed E-state index contributed by atoms with van der Waals surface area (Å²) in [7, 11) is 0. The lowest BCUT2D eigenvalue weighted by atomic mass is 10.3. The van der Waals surface area contributed by atoms with Gasteiger partial charge in [0.25, 0.3) is 0 Å². The molecule has 2 fully saturated rings. The Labute approximate surface area is 104 Å². The van der Waals surface area contributed by atoms with Crippen molar-refractivity contribution in [3.63, 3.8) is 0 Å². The number of amides is 1. The number of likely N-dealkylation sites (tertiary alicyclic amines) is 1. The molecule has 0 atom stereocenters. The number of hydrogen-bond acceptors (Lipinski definition) is 3. The fraction of sp³-hybridized carbons (Fsp3) is 0.769. The summed E-state index contributed by atoms with van der Waals surface area (Å²) in [5.41, 5.74) is 0. The zero-order valence-corrected chi connectivity index (χ0v) is 10.4. The van der Waals surface area contributed by atoms with Gasteiger partial charge in [0.1, 0.15) is 0 Å². The molecule has 4 heteroatoms. The van der Waals surface area contributed by atoms with Crippen molar-refractivity contribution >= 4 is 5.91 Å². The predicted molar refractivity (Wildman–Crippen MR) is 67.5 cm³/mol. The van der Waals surface area contributed by atoms with Crippen molar-refractivity contribution in [2.24, 2.45) is 0 Å². The number of terminal acetylenes is 1. The average molecular weight is 235 g/mol. The van der Waals surface area contributed by atoms with Gasteiger partial charge in [-0.1, -0.05) is 5.92 Å². The van der Waals surface area contributed by atoms with Crippen molar-refractivity contribution in [2.75, 3.05) is 52.4 Å². The van der Waals surface area contributed by atoms with Gasteiger partial charge in [0, 0.05) is 39.3 Å². The van der Waals surface area contributed by atoms with E-state index in [1.54, 1.807) is 0 Å². The van der Waals surface area contributed by atoms with E-state index in [9.17, 15) is 4.79 Å². The molecule has 94 valence electrons. The van der Waals surface area contributed by atoms with E-state index in [1.165, 1.54) is 12.8 Å². The Morgan fingerprint density at radius 2 is 1.59 bits per heavy atom. The quantitative estimate of drug-likeness (QED) is 0.637. The van der Waals surface area contributed by atoms with Crippen LogP contribution in [0.25, 0.3) is 0 Å². The Kier molecular flexibility index (Phi) is 4.41. The van der Waals surface area contributed by atoms with E-state index < -0.39 is 0 Å². The van der Waals surface area contributed by atoms with Crippen LogP contribution in [0.2, 0.25) is 0 Å². The number of carbonyl (C=O) groups excluding carboxylic acids is 1.